The summed E-state index contributed by atoms with van der Waals surface area (Å²) < 4.78 is 0. The van der Waals surface area contributed by atoms with E-state index < -0.39 is 5.60 Å². The fourth-order valence-electron chi connectivity index (χ4n) is 10.3. The van der Waals surface area contributed by atoms with E-state index in [-0.39, 0.29) is 17.4 Å². The lowest BCUT2D eigenvalue weighted by molar-refractivity contribution is -0.145. The molecule has 31 heavy (non-hydrogen) atoms. The zero-order valence-corrected chi connectivity index (χ0v) is 19.8. The van der Waals surface area contributed by atoms with Crippen LogP contribution in [0.15, 0.2) is 0 Å². The summed E-state index contributed by atoms with van der Waals surface area (Å²) in [6, 6.07) is 0.657. The monoisotopic (exact) mass is 429 g/mol. The summed E-state index contributed by atoms with van der Waals surface area (Å²) in [4.78, 5) is 15.9. The predicted octanol–water partition coefficient (Wildman–Crippen LogP) is 3.89. The highest BCUT2D eigenvalue weighted by Crippen LogP contribution is 2.66. The number of ketones is 1. The van der Waals surface area contributed by atoms with Crippen molar-refractivity contribution < 1.29 is 15.0 Å². The Kier molecular flexibility index (Phi) is 4.78. The van der Waals surface area contributed by atoms with Gasteiger partial charge in [0, 0.05) is 31.5 Å². The molecule has 174 valence electrons. The van der Waals surface area contributed by atoms with Crippen LogP contribution in [0.3, 0.4) is 0 Å². The molecule has 2 aliphatic heterocycles. The summed E-state index contributed by atoms with van der Waals surface area (Å²) in [5, 5.41) is 21.1. The molecule has 0 bridgehead atoms. The predicted molar refractivity (Wildman–Crippen MR) is 120 cm³/mol. The van der Waals surface area contributed by atoms with Crippen LogP contribution in [0.1, 0.15) is 78.6 Å². The fourth-order valence-corrected chi connectivity index (χ4v) is 10.3. The van der Waals surface area contributed by atoms with Crippen LogP contribution >= 0.6 is 0 Å². The molecule has 4 saturated carbocycles. The number of fused-ring (bicyclic) bond motifs is 8. The van der Waals surface area contributed by atoms with Gasteiger partial charge in [-0.2, -0.15) is 0 Å². The quantitative estimate of drug-likeness (QED) is 0.613. The highest BCUT2D eigenvalue weighted by atomic mass is 16.3. The molecule has 2 saturated heterocycles. The van der Waals surface area contributed by atoms with Gasteiger partial charge in [0.2, 0.25) is 0 Å². The second-order valence-corrected chi connectivity index (χ2v) is 13.3. The zero-order valence-electron chi connectivity index (χ0n) is 19.8. The van der Waals surface area contributed by atoms with E-state index in [1.807, 2.05) is 6.92 Å². The third-order valence-corrected chi connectivity index (χ3v) is 11.8. The van der Waals surface area contributed by atoms with Gasteiger partial charge in [0.15, 0.2) is 0 Å². The number of hydrogen-bond acceptors (Lipinski definition) is 4. The molecule has 2 N–H and O–H groups in total. The van der Waals surface area contributed by atoms with Crippen molar-refractivity contribution >= 4 is 5.78 Å². The van der Waals surface area contributed by atoms with E-state index in [2.05, 4.69) is 18.7 Å². The van der Waals surface area contributed by atoms with E-state index in [9.17, 15) is 15.0 Å². The Morgan fingerprint density at radius 2 is 1.71 bits per heavy atom. The molecule has 4 aliphatic carbocycles. The van der Waals surface area contributed by atoms with Crippen LogP contribution in [0.25, 0.3) is 0 Å². The maximum atomic E-state index is 13.2. The number of nitrogens with zero attached hydrogens (tertiary/aromatic N) is 1. The molecule has 0 amide bonds. The van der Waals surface area contributed by atoms with Crippen molar-refractivity contribution in [2.45, 2.75) is 96.3 Å². The van der Waals surface area contributed by atoms with E-state index >= 15 is 0 Å². The molecule has 6 aliphatic rings. The molecule has 0 aromatic carbocycles. The van der Waals surface area contributed by atoms with Crippen LogP contribution in [0, 0.1) is 52.8 Å². The molecule has 0 radical (unpaired) electrons. The van der Waals surface area contributed by atoms with Gasteiger partial charge in [-0.25, -0.2) is 0 Å². The van der Waals surface area contributed by atoms with Crippen molar-refractivity contribution in [3.8, 4) is 0 Å². The Bertz CT molecular complexity index is 751. The van der Waals surface area contributed by atoms with Crippen LogP contribution in [0.4, 0.5) is 0 Å². The van der Waals surface area contributed by atoms with Gasteiger partial charge in [-0.05, 0) is 105 Å². The standard InChI is InChI=1S/C27H43NO3/c1-15-17-4-5-18-19(21(17)13-28-14-26(2,31)8-7-24(15)28)11-22-20(18)12-25(30)23-10-16(29)6-9-27(22,23)3/h15-24,29,31H,4-14H2,1-3H3/t15-,16+,17+,18-,19+,20+,21-,22+,23-,24-,26-,27-/m1/s1. The zero-order chi connectivity index (χ0) is 21.7. The topological polar surface area (TPSA) is 60.8 Å². The first kappa shape index (κ1) is 21.1. The van der Waals surface area contributed by atoms with Gasteiger partial charge in [0.1, 0.15) is 5.78 Å². The van der Waals surface area contributed by atoms with Gasteiger partial charge in [-0.3, -0.25) is 9.69 Å². The first-order valence-electron chi connectivity index (χ1n) is 13.3. The van der Waals surface area contributed by atoms with Gasteiger partial charge >= 0.3 is 0 Å². The van der Waals surface area contributed by atoms with Crippen LogP contribution in [0.5, 0.6) is 0 Å². The summed E-state index contributed by atoms with van der Waals surface area (Å²) in [6.45, 7) is 8.95. The molecule has 6 fully saturated rings. The number of hydrogen-bond donors (Lipinski definition) is 2. The minimum Gasteiger partial charge on any atom is -0.393 e. The molecule has 0 aromatic rings. The van der Waals surface area contributed by atoms with E-state index in [1.54, 1.807) is 0 Å². The SMILES string of the molecule is C[C@@H]1[C@@H]2CC[C@@H]3[C@H](C[C@H]4[C@H]3CC(=O)[C@H]3C[C@@H](O)CC[C@@]34C)[C@@H]2CN2C[C@](C)(O)CC[C@H]12. The Balaban J connectivity index is 1.28. The summed E-state index contributed by atoms with van der Waals surface area (Å²) in [5.41, 5.74) is -0.416. The average molecular weight is 430 g/mol. The maximum absolute atomic E-state index is 13.2. The van der Waals surface area contributed by atoms with Crippen molar-refractivity contribution in [3.63, 3.8) is 0 Å². The average Bonchev–Trinajstić information content (AvgIpc) is 3.09. The summed E-state index contributed by atoms with van der Waals surface area (Å²) >= 11 is 0. The molecule has 0 unspecified atom stereocenters. The summed E-state index contributed by atoms with van der Waals surface area (Å²) in [6.07, 6.45) is 9.23. The molecule has 6 rings (SSSR count). The van der Waals surface area contributed by atoms with Crippen molar-refractivity contribution in [1.82, 2.24) is 4.90 Å². The van der Waals surface area contributed by atoms with Gasteiger partial charge in [0.25, 0.3) is 0 Å². The maximum Gasteiger partial charge on any atom is 0.136 e. The molecule has 2 heterocycles. The van der Waals surface area contributed by atoms with Gasteiger partial charge in [0.05, 0.1) is 11.7 Å². The molecule has 4 nitrogen and oxygen atoms in total. The van der Waals surface area contributed by atoms with E-state index in [1.165, 1.54) is 25.8 Å². The van der Waals surface area contributed by atoms with E-state index in [0.717, 1.165) is 68.2 Å². The van der Waals surface area contributed by atoms with Gasteiger partial charge in [-0.1, -0.05) is 13.8 Å². The van der Waals surface area contributed by atoms with Crippen molar-refractivity contribution in [3.05, 3.63) is 0 Å². The molecule has 12 atom stereocenters. The van der Waals surface area contributed by atoms with Crippen LogP contribution in [-0.4, -0.2) is 51.7 Å². The second-order valence-electron chi connectivity index (χ2n) is 13.3. The molecule has 0 spiro atoms. The normalized spacial score (nSPS) is 59.2. The van der Waals surface area contributed by atoms with Crippen molar-refractivity contribution in [1.29, 1.82) is 0 Å². The van der Waals surface area contributed by atoms with Crippen molar-refractivity contribution in [2.24, 2.45) is 52.8 Å². The van der Waals surface area contributed by atoms with Gasteiger partial charge < -0.3 is 10.2 Å². The first-order valence-corrected chi connectivity index (χ1v) is 13.3. The molecule has 0 aromatic heterocycles. The van der Waals surface area contributed by atoms with Crippen LogP contribution in [-0.2, 0) is 4.79 Å². The fraction of sp³-hybridized carbons (Fsp3) is 0.963. The highest BCUT2D eigenvalue weighted by molar-refractivity contribution is 5.83. The van der Waals surface area contributed by atoms with E-state index in [0.29, 0.717) is 30.1 Å². The number of aliphatic hydroxyl groups excluding tert-OH is 1. The van der Waals surface area contributed by atoms with Gasteiger partial charge in [-0.15, -0.1) is 0 Å². The lowest BCUT2D eigenvalue weighted by atomic mass is 9.51. The Labute approximate surface area is 188 Å². The van der Waals surface area contributed by atoms with Crippen LogP contribution in [0.2, 0.25) is 0 Å². The highest BCUT2D eigenvalue weighted by Gasteiger charge is 2.63. The summed E-state index contributed by atoms with van der Waals surface area (Å²) in [5.74, 6) is 5.63. The Morgan fingerprint density at radius 1 is 0.935 bits per heavy atom. The minimum atomic E-state index is -0.531. The number of Topliss-reactive ketones (excluding diaryl/α,β-unsaturated/α-hetero) is 1. The first-order chi connectivity index (χ1) is 14.7. The Morgan fingerprint density at radius 3 is 2.52 bits per heavy atom. The lowest BCUT2D eigenvalue weighted by Crippen LogP contribution is -2.61. The largest absolute Gasteiger partial charge is 0.393 e. The molecular weight excluding hydrogens is 386 g/mol. The number of piperidine rings is 2. The van der Waals surface area contributed by atoms with E-state index in [4.69, 9.17) is 0 Å². The van der Waals surface area contributed by atoms with Crippen molar-refractivity contribution in [2.75, 3.05) is 13.1 Å². The lowest BCUT2D eigenvalue weighted by Gasteiger charge is -2.57. The van der Waals surface area contributed by atoms with Crippen LogP contribution < -0.4 is 0 Å². The number of carbonyl (C=O) groups excluding carboxylic acids is 1. The molecular formula is C27H43NO3. The minimum absolute atomic E-state index is 0.0975. The molecule has 4 heteroatoms. The third-order valence-electron chi connectivity index (χ3n) is 11.8. The third kappa shape index (κ3) is 3.06. The second kappa shape index (κ2) is 7.03. The Hall–Kier alpha value is -0.450. The number of aliphatic hydroxyl groups is 2. The smallest absolute Gasteiger partial charge is 0.136 e. The summed E-state index contributed by atoms with van der Waals surface area (Å²) in [7, 11) is 0. The number of rotatable bonds is 0. The number of carbonyl (C=O) groups is 1.